The number of para-hydroxylation sites is 1. The van der Waals surface area contributed by atoms with Gasteiger partial charge in [0, 0.05) is 10.4 Å². The number of alkyl halides is 4. The van der Waals surface area contributed by atoms with Crippen LogP contribution in [-0.2, 0) is 0 Å². The van der Waals surface area contributed by atoms with Crippen molar-refractivity contribution in [3.05, 3.63) is 52.5 Å². The molecule has 2 aromatic carbocycles. The number of aromatic nitrogens is 4. The van der Waals surface area contributed by atoms with Crippen LogP contribution in [0.4, 0.5) is 22.0 Å². The number of halogens is 7. The second-order valence-corrected chi connectivity index (χ2v) is 6.42. The van der Waals surface area contributed by atoms with Crippen LogP contribution in [0.3, 0.4) is 0 Å². The topological polar surface area (TPSA) is 52.3 Å². The van der Waals surface area contributed by atoms with Gasteiger partial charge in [0.05, 0.1) is 12.2 Å². The van der Waals surface area contributed by atoms with Crippen LogP contribution in [0.2, 0.25) is 10.3 Å². The van der Waals surface area contributed by atoms with Gasteiger partial charge in [0.25, 0.3) is 0 Å². The van der Waals surface area contributed by atoms with E-state index >= 15 is 0 Å². The maximum atomic E-state index is 14.0. The van der Waals surface area contributed by atoms with Crippen molar-refractivity contribution in [1.82, 2.24) is 19.6 Å². The molecule has 0 saturated heterocycles. The third kappa shape index (κ3) is 4.54. The fraction of sp³-hybridized carbons (Fsp3) is 0.167. The van der Waals surface area contributed by atoms with E-state index in [4.69, 9.17) is 23.2 Å². The summed E-state index contributed by atoms with van der Waals surface area (Å²) in [5, 5.41) is 4.21. The number of rotatable bonds is 2. The van der Waals surface area contributed by atoms with E-state index in [1.807, 2.05) is 0 Å². The molecule has 0 amide bonds. The van der Waals surface area contributed by atoms with Gasteiger partial charge in [-0.05, 0) is 48.9 Å². The molecular weight excluding hydrogens is 454 g/mol. The molecule has 0 aliphatic rings. The molecule has 0 aliphatic heterocycles. The predicted molar refractivity (Wildman–Crippen MR) is 102 cm³/mol. The Balaban J connectivity index is 0.000000806. The zero-order chi connectivity index (χ0) is 22.1. The Kier molecular flexibility index (Phi) is 6.27. The van der Waals surface area contributed by atoms with Crippen LogP contribution in [0.25, 0.3) is 27.9 Å². The smallest absolute Gasteiger partial charge is 0.405 e. The lowest BCUT2D eigenvalue weighted by Crippen LogP contribution is -2.17. The van der Waals surface area contributed by atoms with Crippen LogP contribution >= 0.6 is 23.2 Å². The van der Waals surface area contributed by atoms with Crippen LogP contribution in [-0.4, -0.2) is 32.6 Å². The fourth-order valence-electron chi connectivity index (χ4n) is 2.57. The molecule has 0 fully saturated rings. The Morgan fingerprint density at radius 1 is 1.10 bits per heavy atom. The van der Waals surface area contributed by atoms with Crippen LogP contribution in [0.15, 0.2) is 36.4 Å². The summed E-state index contributed by atoms with van der Waals surface area (Å²) < 4.78 is 67.5. The Labute approximate surface area is 176 Å². The summed E-state index contributed by atoms with van der Waals surface area (Å²) in [5.41, 5.74) is 0.0327. The first-order chi connectivity index (χ1) is 14.1. The molecule has 2 aromatic heterocycles. The quantitative estimate of drug-likeness (QED) is 0.259. The predicted octanol–water partition coefficient (Wildman–Crippen LogP) is 6.26. The molecule has 12 heteroatoms. The van der Waals surface area contributed by atoms with E-state index in [0.29, 0.717) is 5.39 Å². The minimum absolute atomic E-state index is 0.0307. The van der Waals surface area contributed by atoms with Crippen molar-refractivity contribution in [2.24, 2.45) is 0 Å². The van der Waals surface area contributed by atoms with Gasteiger partial charge in [-0.3, -0.25) is 4.39 Å². The van der Waals surface area contributed by atoms with Crippen molar-refractivity contribution >= 4 is 39.8 Å². The SMILES string of the molecule is CCF.Fc1cccc2c1nc(Cl)n1nc(-c3ccc(Cl)cc3OC(F)(F)F)nc21. The highest BCUT2D eigenvalue weighted by atomic mass is 35.5. The molecule has 0 bridgehead atoms. The number of fused-ring (bicyclic) bond motifs is 3. The second kappa shape index (κ2) is 8.57. The van der Waals surface area contributed by atoms with E-state index in [1.54, 1.807) is 6.07 Å². The van der Waals surface area contributed by atoms with E-state index in [2.05, 4.69) is 19.8 Å². The van der Waals surface area contributed by atoms with Gasteiger partial charge >= 0.3 is 6.36 Å². The summed E-state index contributed by atoms with van der Waals surface area (Å²) >= 11 is 11.8. The van der Waals surface area contributed by atoms with Gasteiger partial charge in [0.1, 0.15) is 17.1 Å². The lowest BCUT2D eigenvalue weighted by molar-refractivity contribution is -0.274. The molecule has 30 heavy (non-hydrogen) atoms. The number of nitrogens with zero attached hydrogens (tertiary/aromatic N) is 4. The van der Waals surface area contributed by atoms with Gasteiger partial charge < -0.3 is 4.74 Å². The number of benzene rings is 2. The average molecular weight is 465 g/mol. The summed E-state index contributed by atoms with van der Waals surface area (Å²) in [6.07, 6.45) is -4.94. The van der Waals surface area contributed by atoms with Gasteiger partial charge in [0.15, 0.2) is 11.5 Å². The summed E-state index contributed by atoms with van der Waals surface area (Å²) in [5.74, 6) is -1.31. The molecule has 0 N–H and O–H groups in total. The molecule has 0 saturated carbocycles. The Morgan fingerprint density at radius 2 is 1.80 bits per heavy atom. The Bertz CT molecular complexity index is 1210. The summed E-state index contributed by atoms with van der Waals surface area (Å²) in [6.45, 7) is 1.21. The van der Waals surface area contributed by atoms with Crippen molar-refractivity contribution in [1.29, 1.82) is 0 Å². The first kappa shape index (κ1) is 22.0. The first-order valence-electron chi connectivity index (χ1n) is 8.26. The highest BCUT2D eigenvalue weighted by molar-refractivity contribution is 6.30. The minimum atomic E-state index is -4.94. The monoisotopic (exact) mass is 464 g/mol. The number of hydrogen-bond acceptors (Lipinski definition) is 4. The Morgan fingerprint density at radius 3 is 2.47 bits per heavy atom. The normalized spacial score (nSPS) is 11.5. The number of ether oxygens (including phenoxy) is 1. The third-order valence-electron chi connectivity index (χ3n) is 3.62. The maximum Gasteiger partial charge on any atom is 0.573 e. The van der Waals surface area contributed by atoms with E-state index < -0.39 is 17.9 Å². The molecule has 0 atom stereocenters. The van der Waals surface area contributed by atoms with E-state index in [1.165, 1.54) is 31.2 Å². The maximum absolute atomic E-state index is 14.0. The van der Waals surface area contributed by atoms with Crippen LogP contribution in [0, 0.1) is 5.82 Å². The average Bonchev–Trinajstić information content (AvgIpc) is 3.08. The van der Waals surface area contributed by atoms with Crippen molar-refractivity contribution < 1.29 is 26.7 Å². The standard InChI is InChI=1S/C16H6Cl2F4N4O.C2H5F/c17-7-4-5-8(11(6-7)27-16(20,21)22)13-24-14-9-2-1-3-10(19)12(9)23-15(18)26(14)25-13;1-2-3/h1-6H;2H2,1H3. The van der Waals surface area contributed by atoms with Crippen molar-refractivity contribution in [2.75, 3.05) is 6.67 Å². The van der Waals surface area contributed by atoms with Gasteiger partial charge in [-0.25, -0.2) is 14.4 Å². The van der Waals surface area contributed by atoms with Gasteiger partial charge in [-0.2, -0.15) is 4.52 Å². The summed E-state index contributed by atoms with van der Waals surface area (Å²) in [6, 6.07) is 7.83. The van der Waals surface area contributed by atoms with Crippen molar-refractivity contribution in [2.45, 2.75) is 13.3 Å². The van der Waals surface area contributed by atoms with E-state index in [-0.39, 0.29) is 39.5 Å². The molecule has 4 rings (SSSR count). The molecule has 5 nitrogen and oxygen atoms in total. The van der Waals surface area contributed by atoms with Gasteiger partial charge in [-0.1, -0.05) is 17.7 Å². The molecule has 0 unspecified atom stereocenters. The zero-order valence-electron chi connectivity index (χ0n) is 15.0. The Hall–Kier alpha value is -2.72. The zero-order valence-corrected chi connectivity index (χ0v) is 16.5. The summed E-state index contributed by atoms with van der Waals surface area (Å²) in [7, 11) is 0. The lowest BCUT2D eigenvalue weighted by atomic mass is 10.2. The summed E-state index contributed by atoms with van der Waals surface area (Å²) in [4.78, 5) is 8.13. The van der Waals surface area contributed by atoms with Crippen LogP contribution in [0.5, 0.6) is 5.75 Å². The molecular formula is C18H11Cl2F5N4O. The largest absolute Gasteiger partial charge is 0.573 e. The van der Waals surface area contributed by atoms with Crippen molar-refractivity contribution in [3.63, 3.8) is 0 Å². The molecule has 4 aromatic rings. The van der Waals surface area contributed by atoms with Gasteiger partial charge in [-0.15, -0.1) is 18.3 Å². The first-order valence-corrected chi connectivity index (χ1v) is 9.02. The molecule has 0 aliphatic carbocycles. The van der Waals surface area contributed by atoms with Crippen LogP contribution in [0.1, 0.15) is 6.92 Å². The molecule has 0 radical (unpaired) electrons. The minimum Gasteiger partial charge on any atom is -0.405 e. The second-order valence-electron chi connectivity index (χ2n) is 5.64. The molecule has 0 spiro atoms. The third-order valence-corrected chi connectivity index (χ3v) is 4.10. The van der Waals surface area contributed by atoms with Crippen LogP contribution < -0.4 is 4.74 Å². The molecule has 158 valence electrons. The van der Waals surface area contributed by atoms with Gasteiger partial charge in [0.2, 0.25) is 5.28 Å². The fourth-order valence-corrected chi connectivity index (χ4v) is 2.93. The van der Waals surface area contributed by atoms with Crippen molar-refractivity contribution in [3.8, 4) is 17.1 Å². The lowest BCUT2D eigenvalue weighted by Gasteiger charge is -2.11. The highest BCUT2D eigenvalue weighted by Gasteiger charge is 2.33. The van der Waals surface area contributed by atoms with E-state index in [0.717, 1.165) is 10.6 Å². The molecule has 2 heterocycles. The number of hydrogen-bond donors (Lipinski definition) is 0. The highest BCUT2D eigenvalue weighted by Crippen LogP contribution is 2.35. The van der Waals surface area contributed by atoms with E-state index in [9.17, 15) is 22.0 Å².